The number of rotatable bonds is 5. The second kappa shape index (κ2) is 5.44. The fourth-order valence-electron chi connectivity index (χ4n) is 2.16. The fraction of sp³-hybridized carbons (Fsp3) is 0.900. The molecule has 5 nitrogen and oxygen atoms in total. The average molecular weight is 213 g/mol. The van der Waals surface area contributed by atoms with Crippen LogP contribution in [0.4, 0.5) is 0 Å². The highest BCUT2D eigenvalue weighted by Crippen LogP contribution is 2.26. The van der Waals surface area contributed by atoms with Crippen LogP contribution < -0.4 is 16.0 Å². The largest absolute Gasteiger partial charge is 0.358 e. The molecule has 1 aliphatic heterocycles. The van der Waals surface area contributed by atoms with Crippen LogP contribution in [0.3, 0.4) is 0 Å². The number of ether oxygens (including phenoxy) is 1. The van der Waals surface area contributed by atoms with Gasteiger partial charge in [-0.05, 0) is 31.6 Å². The third-order valence-corrected chi connectivity index (χ3v) is 3.19. The normalized spacial score (nSPS) is 32.0. The summed E-state index contributed by atoms with van der Waals surface area (Å²) in [6.45, 7) is 1.67. The number of nitrogens with one attached hydrogen (secondary N) is 3. The van der Waals surface area contributed by atoms with Gasteiger partial charge in [-0.2, -0.15) is 0 Å². The SMILES string of the molecule is O=CNCC1CCC(OC2NCN2)CC1. The van der Waals surface area contributed by atoms with Crippen LogP contribution in [0, 0.1) is 5.92 Å². The van der Waals surface area contributed by atoms with Gasteiger partial charge in [0.05, 0.1) is 12.8 Å². The van der Waals surface area contributed by atoms with Crippen LogP contribution in [0.15, 0.2) is 0 Å². The third kappa shape index (κ3) is 3.15. The highest BCUT2D eigenvalue weighted by molar-refractivity contribution is 5.45. The Morgan fingerprint density at radius 3 is 2.53 bits per heavy atom. The maximum absolute atomic E-state index is 10.2. The Kier molecular flexibility index (Phi) is 3.94. The van der Waals surface area contributed by atoms with Crippen molar-refractivity contribution in [3.8, 4) is 0 Å². The van der Waals surface area contributed by atoms with E-state index in [9.17, 15) is 4.79 Å². The van der Waals surface area contributed by atoms with Crippen molar-refractivity contribution in [3.63, 3.8) is 0 Å². The van der Waals surface area contributed by atoms with E-state index in [1.165, 1.54) is 0 Å². The molecular formula is C10H19N3O2. The van der Waals surface area contributed by atoms with Crippen molar-refractivity contribution in [2.45, 2.75) is 38.1 Å². The summed E-state index contributed by atoms with van der Waals surface area (Å²) in [7, 11) is 0. The Bertz CT molecular complexity index is 201. The topological polar surface area (TPSA) is 62.4 Å². The highest BCUT2D eigenvalue weighted by Gasteiger charge is 2.25. The Balaban J connectivity index is 1.60. The van der Waals surface area contributed by atoms with E-state index >= 15 is 0 Å². The molecule has 1 heterocycles. The molecule has 0 aromatic rings. The minimum absolute atomic E-state index is 0.0691. The minimum Gasteiger partial charge on any atom is -0.358 e. The zero-order valence-corrected chi connectivity index (χ0v) is 8.87. The molecule has 15 heavy (non-hydrogen) atoms. The first-order valence-corrected chi connectivity index (χ1v) is 5.68. The van der Waals surface area contributed by atoms with E-state index in [4.69, 9.17) is 4.74 Å². The monoisotopic (exact) mass is 213 g/mol. The Labute approximate surface area is 89.9 Å². The zero-order chi connectivity index (χ0) is 10.5. The van der Waals surface area contributed by atoms with Gasteiger partial charge in [0, 0.05) is 6.54 Å². The lowest BCUT2D eigenvalue weighted by molar-refractivity contribution is -0.110. The molecule has 2 fully saturated rings. The van der Waals surface area contributed by atoms with Crippen molar-refractivity contribution in [3.05, 3.63) is 0 Å². The molecule has 1 amide bonds. The lowest BCUT2D eigenvalue weighted by Gasteiger charge is -2.36. The first-order chi connectivity index (χ1) is 7.38. The van der Waals surface area contributed by atoms with Gasteiger partial charge in [0.1, 0.15) is 0 Å². The van der Waals surface area contributed by atoms with Crippen LogP contribution in [0.25, 0.3) is 0 Å². The third-order valence-electron chi connectivity index (χ3n) is 3.19. The predicted molar refractivity (Wildman–Crippen MR) is 55.8 cm³/mol. The van der Waals surface area contributed by atoms with Crippen LogP contribution in [-0.4, -0.2) is 32.1 Å². The molecule has 5 heteroatoms. The molecule has 1 saturated heterocycles. The maximum atomic E-state index is 10.2. The molecule has 2 aliphatic rings. The molecule has 1 saturated carbocycles. The van der Waals surface area contributed by atoms with E-state index in [-0.39, 0.29) is 6.35 Å². The predicted octanol–water partition coefficient (Wildman–Crippen LogP) is -0.258. The summed E-state index contributed by atoms with van der Waals surface area (Å²) in [6.07, 6.45) is 5.74. The van der Waals surface area contributed by atoms with E-state index in [2.05, 4.69) is 16.0 Å². The van der Waals surface area contributed by atoms with E-state index in [0.717, 1.165) is 45.3 Å². The second-order valence-corrected chi connectivity index (χ2v) is 4.27. The molecule has 0 bridgehead atoms. The summed E-state index contributed by atoms with van der Waals surface area (Å²) in [6, 6.07) is 0. The van der Waals surface area contributed by atoms with E-state index in [1.54, 1.807) is 0 Å². The van der Waals surface area contributed by atoms with Gasteiger partial charge in [-0.15, -0.1) is 0 Å². The van der Waals surface area contributed by atoms with E-state index < -0.39 is 0 Å². The van der Waals surface area contributed by atoms with E-state index in [0.29, 0.717) is 12.0 Å². The molecule has 0 aromatic heterocycles. The summed E-state index contributed by atoms with van der Waals surface area (Å²) < 4.78 is 5.77. The number of amides is 1. The van der Waals surface area contributed by atoms with Gasteiger partial charge in [0.2, 0.25) is 6.41 Å². The van der Waals surface area contributed by atoms with Crippen LogP contribution in [0.2, 0.25) is 0 Å². The van der Waals surface area contributed by atoms with Crippen molar-refractivity contribution in [1.29, 1.82) is 0 Å². The Hall–Kier alpha value is -0.650. The molecular weight excluding hydrogens is 194 g/mol. The van der Waals surface area contributed by atoms with E-state index in [1.807, 2.05) is 0 Å². The van der Waals surface area contributed by atoms with Crippen molar-refractivity contribution in [2.75, 3.05) is 13.2 Å². The van der Waals surface area contributed by atoms with Crippen LogP contribution >= 0.6 is 0 Å². The van der Waals surface area contributed by atoms with Crippen LogP contribution in [0.1, 0.15) is 25.7 Å². The lowest BCUT2D eigenvalue weighted by Crippen LogP contribution is -2.61. The van der Waals surface area contributed by atoms with Crippen molar-refractivity contribution in [1.82, 2.24) is 16.0 Å². The molecule has 0 spiro atoms. The average Bonchev–Trinajstić information content (AvgIpc) is 2.22. The van der Waals surface area contributed by atoms with Gasteiger partial charge in [0.25, 0.3) is 0 Å². The molecule has 0 radical (unpaired) electrons. The molecule has 0 unspecified atom stereocenters. The van der Waals surface area contributed by atoms with Crippen LogP contribution in [-0.2, 0) is 9.53 Å². The Morgan fingerprint density at radius 1 is 1.27 bits per heavy atom. The van der Waals surface area contributed by atoms with Gasteiger partial charge >= 0.3 is 0 Å². The minimum atomic E-state index is 0.0691. The smallest absolute Gasteiger partial charge is 0.207 e. The van der Waals surface area contributed by atoms with Crippen LogP contribution in [0.5, 0.6) is 0 Å². The fourth-order valence-corrected chi connectivity index (χ4v) is 2.16. The summed E-state index contributed by atoms with van der Waals surface area (Å²) in [5.74, 6) is 0.636. The quantitative estimate of drug-likeness (QED) is 0.551. The summed E-state index contributed by atoms with van der Waals surface area (Å²) in [5, 5.41) is 9.04. The standard InChI is InChI=1S/C10H19N3O2/c14-7-11-5-8-1-3-9(4-2-8)15-10-12-6-13-10/h7-10,12-13H,1-6H2,(H,11,14). The van der Waals surface area contributed by atoms with Gasteiger partial charge in [-0.3, -0.25) is 15.4 Å². The van der Waals surface area contributed by atoms with Gasteiger partial charge < -0.3 is 10.1 Å². The van der Waals surface area contributed by atoms with Crippen molar-refractivity contribution < 1.29 is 9.53 Å². The molecule has 0 atom stereocenters. The van der Waals surface area contributed by atoms with Crippen molar-refractivity contribution >= 4 is 6.41 Å². The highest BCUT2D eigenvalue weighted by atomic mass is 16.5. The van der Waals surface area contributed by atoms with Crippen molar-refractivity contribution in [2.24, 2.45) is 5.92 Å². The molecule has 86 valence electrons. The molecule has 1 aliphatic carbocycles. The number of carbonyl (C=O) groups excluding carboxylic acids is 1. The number of hydrogen-bond donors (Lipinski definition) is 3. The first-order valence-electron chi connectivity index (χ1n) is 5.68. The van der Waals surface area contributed by atoms with Gasteiger partial charge in [-0.1, -0.05) is 0 Å². The summed E-state index contributed by atoms with van der Waals surface area (Å²) in [5.41, 5.74) is 0. The maximum Gasteiger partial charge on any atom is 0.207 e. The lowest BCUT2D eigenvalue weighted by atomic mass is 9.87. The summed E-state index contributed by atoms with van der Waals surface area (Å²) in [4.78, 5) is 10.2. The molecule has 2 rings (SSSR count). The number of hydrogen-bond acceptors (Lipinski definition) is 4. The molecule has 0 aromatic carbocycles. The number of carbonyl (C=O) groups is 1. The summed E-state index contributed by atoms with van der Waals surface area (Å²) >= 11 is 0. The first kappa shape index (κ1) is 10.9. The second-order valence-electron chi connectivity index (χ2n) is 4.27. The Morgan fingerprint density at radius 2 is 2.00 bits per heavy atom. The van der Waals surface area contributed by atoms with Gasteiger partial charge in [-0.25, -0.2) is 0 Å². The molecule has 3 N–H and O–H groups in total. The van der Waals surface area contributed by atoms with Gasteiger partial charge in [0.15, 0.2) is 6.35 Å². The zero-order valence-electron chi connectivity index (χ0n) is 8.87.